The van der Waals surface area contributed by atoms with Gasteiger partial charge in [-0.05, 0) is 47.9 Å². The van der Waals surface area contributed by atoms with Crippen molar-refractivity contribution in [3.63, 3.8) is 0 Å². The van der Waals surface area contributed by atoms with Gasteiger partial charge < -0.3 is 0 Å². The summed E-state index contributed by atoms with van der Waals surface area (Å²) in [7, 11) is 0. The fourth-order valence-electron chi connectivity index (χ4n) is 2.84. The quantitative estimate of drug-likeness (QED) is 0.645. The van der Waals surface area contributed by atoms with E-state index in [1.807, 2.05) is 48.5 Å². The van der Waals surface area contributed by atoms with E-state index < -0.39 is 0 Å². The van der Waals surface area contributed by atoms with Gasteiger partial charge in [0.2, 0.25) is 0 Å². The van der Waals surface area contributed by atoms with E-state index in [9.17, 15) is 0 Å². The lowest BCUT2D eigenvalue weighted by Crippen LogP contribution is -2.03. The number of aryl methyl sites for hydroxylation is 1. The van der Waals surface area contributed by atoms with E-state index in [0.717, 1.165) is 11.1 Å². The Balaban J connectivity index is 2.10. The molecule has 0 unspecified atom stereocenters. The largest absolute Gasteiger partial charge is 0.192 e. The maximum atomic E-state index is 9.01. The summed E-state index contributed by atoms with van der Waals surface area (Å²) in [5.41, 5.74) is 5.97. The van der Waals surface area contributed by atoms with Crippen LogP contribution in [0.2, 0.25) is 0 Å². The number of hydrogen-bond donors (Lipinski definition) is 0. The summed E-state index contributed by atoms with van der Waals surface area (Å²) >= 11 is 0. The Bertz CT molecular complexity index is 849. The van der Waals surface area contributed by atoms with Crippen molar-refractivity contribution in [1.82, 2.24) is 0 Å². The third-order valence-electron chi connectivity index (χ3n) is 4.16. The third kappa shape index (κ3) is 3.19. The molecular weight excluding hydrogens is 292 g/mol. The molecule has 0 radical (unpaired) electrons. The molecule has 0 aliphatic carbocycles. The molecular formula is C22H16N2. The first-order valence-corrected chi connectivity index (χ1v) is 7.78. The van der Waals surface area contributed by atoms with Gasteiger partial charge in [0.25, 0.3) is 0 Å². The van der Waals surface area contributed by atoms with Gasteiger partial charge in [-0.2, -0.15) is 10.5 Å². The zero-order valence-corrected chi connectivity index (χ0v) is 13.4. The van der Waals surface area contributed by atoms with Gasteiger partial charge in [0.15, 0.2) is 0 Å². The van der Waals surface area contributed by atoms with E-state index >= 15 is 0 Å². The molecule has 0 spiro atoms. The lowest BCUT2D eigenvalue weighted by atomic mass is 9.84. The summed E-state index contributed by atoms with van der Waals surface area (Å²) in [5.74, 6) is 0.0751. The van der Waals surface area contributed by atoms with Crippen LogP contribution >= 0.6 is 0 Å². The molecule has 3 rings (SSSR count). The van der Waals surface area contributed by atoms with Crippen molar-refractivity contribution in [2.75, 3.05) is 0 Å². The van der Waals surface area contributed by atoms with Crippen molar-refractivity contribution in [2.24, 2.45) is 0 Å². The van der Waals surface area contributed by atoms with E-state index in [0.29, 0.717) is 11.1 Å². The van der Waals surface area contributed by atoms with Gasteiger partial charge in [-0.25, -0.2) is 0 Å². The first-order valence-electron chi connectivity index (χ1n) is 7.78. The highest BCUT2D eigenvalue weighted by atomic mass is 14.3. The molecule has 0 atom stereocenters. The van der Waals surface area contributed by atoms with Gasteiger partial charge in [0.1, 0.15) is 0 Å². The summed E-state index contributed by atoms with van der Waals surface area (Å²) < 4.78 is 0. The molecule has 2 nitrogen and oxygen atoms in total. The predicted molar refractivity (Wildman–Crippen MR) is 94.4 cm³/mol. The average molecular weight is 308 g/mol. The van der Waals surface area contributed by atoms with Gasteiger partial charge in [-0.3, -0.25) is 0 Å². The van der Waals surface area contributed by atoms with Crippen LogP contribution < -0.4 is 0 Å². The number of hydrogen-bond acceptors (Lipinski definition) is 2. The Morgan fingerprint density at radius 3 is 1.25 bits per heavy atom. The molecule has 0 saturated heterocycles. The monoisotopic (exact) mass is 308 g/mol. The summed E-state index contributed by atoms with van der Waals surface area (Å²) in [6.45, 7) is 2.07. The van der Waals surface area contributed by atoms with Crippen LogP contribution in [0.15, 0.2) is 72.8 Å². The van der Waals surface area contributed by atoms with Crippen LogP contribution in [0, 0.1) is 29.6 Å². The van der Waals surface area contributed by atoms with Crippen molar-refractivity contribution in [3.05, 3.63) is 106 Å². The highest BCUT2D eigenvalue weighted by Crippen LogP contribution is 2.32. The normalized spacial score (nSPS) is 10.2. The molecule has 24 heavy (non-hydrogen) atoms. The van der Waals surface area contributed by atoms with E-state index in [2.05, 4.69) is 43.3 Å². The Morgan fingerprint density at radius 2 is 0.917 bits per heavy atom. The second kappa shape index (κ2) is 6.82. The molecule has 0 amide bonds. The van der Waals surface area contributed by atoms with Crippen LogP contribution in [-0.2, 0) is 0 Å². The SMILES string of the molecule is Cc1ccc(C(c2ccc(C#N)cc2)c2ccc(C#N)cc2)cc1. The Hall–Kier alpha value is -3.36. The van der Waals surface area contributed by atoms with E-state index in [1.165, 1.54) is 11.1 Å². The van der Waals surface area contributed by atoms with Crippen LogP contribution in [0.25, 0.3) is 0 Å². The number of nitriles is 2. The van der Waals surface area contributed by atoms with Crippen LogP contribution in [-0.4, -0.2) is 0 Å². The molecule has 2 heteroatoms. The highest BCUT2D eigenvalue weighted by Gasteiger charge is 2.16. The minimum absolute atomic E-state index is 0.0751. The molecule has 0 heterocycles. The fourth-order valence-corrected chi connectivity index (χ4v) is 2.84. The molecule has 0 fully saturated rings. The maximum absolute atomic E-state index is 9.01. The number of rotatable bonds is 3. The molecule has 3 aromatic rings. The first-order chi connectivity index (χ1) is 11.7. The lowest BCUT2D eigenvalue weighted by Gasteiger charge is -2.19. The van der Waals surface area contributed by atoms with Gasteiger partial charge in [0, 0.05) is 5.92 Å². The number of nitrogens with zero attached hydrogens (tertiary/aromatic N) is 2. The average Bonchev–Trinajstić information content (AvgIpc) is 2.64. The summed E-state index contributed by atoms with van der Waals surface area (Å²) in [4.78, 5) is 0. The minimum atomic E-state index is 0.0751. The van der Waals surface area contributed by atoms with Crippen molar-refractivity contribution in [2.45, 2.75) is 12.8 Å². The molecule has 0 aromatic heterocycles. The van der Waals surface area contributed by atoms with E-state index in [1.54, 1.807) is 0 Å². The number of benzene rings is 3. The van der Waals surface area contributed by atoms with Crippen LogP contribution in [0.1, 0.15) is 39.3 Å². The lowest BCUT2D eigenvalue weighted by molar-refractivity contribution is 0.975. The van der Waals surface area contributed by atoms with Crippen LogP contribution in [0.5, 0.6) is 0 Å². The zero-order valence-electron chi connectivity index (χ0n) is 13.4. The van der Waals surface area contributed by atoms with Gasteiger partial charge in [0.05, 0.1) is 23.3 Å². The van der Waals surface area contributed by atoms with Gasteiger partial charge in [-0.15, -0.1) is 0 Å². The zero-order chi connectivity index (χ0) is 16.9. The van der Waals surface area contributed by atoms with E-state index in [-0.39, 0.29) is 5.92 Å². The molecule has 114 valence electrons. The van der Waals surface area contributed by atoms with Gasteiger partial charge in [-0.1, -0.05) is 54.1 Å². The minimum Gasteiger partial charge on any atom is -0.192 e. The second-order valence-electron chi connectivity index (χ2n) is 5.81. The van der Waals surface area contributed by atoms with Crippen LogP contribution in [0.4, 0.5) is 0 Å². The van der Waals surface area contributed by atoms with E-state index in [4.69, 9.17) is 10.5 Å². The Labute approximate surface area is 142 Å². The molecule has 0 bridgehead atoms. The highest BCUT2D eigenvalue weighted by molar-refractivity contribution is 5.46. The standard InChI is InChI=1S/C22H16N2/c1-16-2-8-19(9-3-16)22(20-10-4-17(14-23)5-11-20)21-12-6-18(15-24)7-13-21/h2-13,22H,1H3. The second-order valence-corrected chi connectivity index (χ2v) is 5.81. The molecule has 0 aliphatic rings. The topological polar surface area (TPSA) is 47.6 Å². The molecule has 0 saturated carbocycles. The Morgan fingerprint density at radius 1 is 0.583 bits per heavy atom. The molecule has 0 N–H and O–H groups in total. The Kier molecular flexibility index (Phi) is 4.41. The summed E-state index contributed by atoms with van der Waals surface area (Å²) in [6.07, 6.45) is 0. The summed E-state index contributed by atoms with van der Waals surface area (Å²) in [6, 6.07) is 28.2. The third-order valence-corrected chi connectivity index (χ3v) is 4.16. The van der Waals surface area contributed by atoms with Crippen LogP contribution in [0.3, 0.4) is 0 Å². The first kappa shape index (κ1) is 15.5. The maximum Gasteiger partial charge on any atom is 0.0991 e. The van der Waals surface area contributed by atoms with Crippen molar-refractivity contribution < 1.29 is 0 Å². The predicted octanol–water partition coefficient (Wildman–Crippen LogP) is 4.92. The summed E-state index contributed by atoms with van der Waals surface area (Å²) in [5, 5.41) is 18.0. The molecule has 3 aromatic carbocycles. The molecule has 0 aliphatic heterocycles. The smallest absolute Gasteiger partial charge is 0.0991 e. The van der Waals surface area contributed by atoms with Crippen molar-refractivity contribution in [3.8, 4) is 12.1 Å². The van der Waals surface area contributed by atoms with Crippen molar-refractivity contribution >= 4 is 0 Å². The van der Waals surface area contributed by atoms with Gasteiger partial charge >= 0.3 is 0 Å². The fraction of sp³-hybridized carbons (Fsp3) is 0.0909. The van der Waals surface area contributed by atoms with Crippen molar-refractivity contribution in [1.29, 1.82) is 10.5 Å².